The first-order chi connectivity index (χ1) is 29.7. The molecule has 282 valence electrons. The third-order valence-electron chi connectivity index (χ3n) is 12.3. The van der Waals surface area contributed by atoms with E-state index in [-0.39, 0.29) is 6.04 Å². The highest BCUT2D eigenvalue weighted by atomic mass is 15.0. The molecule has 3 nitrogen and oxygen atoms in total. The van der Waals surface area contributed by atoms with Gasteiger partial charge in [-0.15, -0.1) is 0 Å². The molecule has 9 aromatic carbocycles. The van der Waals surface area contributed by atoms with Gasteiger partial charge in [0.15, 0.2) is 0 Å². The highest BCUT2D eigenvalue weighted by Gasteiger charge is 2.18. The van der Waals surface area contributed by atoms with Gasteiger partial charge in [-0.2, -0.15) is 0 Å². The zero-order chi connectivity index (χ0) is 39.6. The maximum Gasteiger partial charge on any atom is 0.0701 e. The molecule has 0 spiro atoms. The van der Waals surface area contributed by atoms with E-state index in [1.54, 1.807) is 0 Å². The van der Waals surface area contributed by atoms with Gasteiger partial charge in [0.2, 0.25) is 0 Å². The van der Waals surface area contributed by atoms with Crippen LogP contribution >= 0.6 is 0 Å². The van der Waals surface area contributed by atoms with Crippen LogP contribution < -0.4 is 5.32 Å². The molecule has 1 N–H and O–H groups in total. The molecular formula is C57H39N3. The van der Waals surface area contributed by atoms with Crippen LogP contribution in [-0.2, 0) is 0 Å². The molecule has 1 aliphatic heterocycles. The molecule has 0 bridgehead atoms. The Labute approximate surface area is 348 Å². The number of rotatable bonds is 6. The van der Waals surface area contributed by atoms with Crippen molar-refractivity contribution in [3.05, 3.63) is 236 Å². The summed E-state index contributed by atoms with van der Waals surface area (Å²) in [6.45, 7) is 0. The van der Waals surface area contributed by atoms with Crippen molar-refractivity contribution in [2.75, 3.05) is 0 Å². The van der Waals surface area contributed by atoms with Crippen LogP contribution in [0.3, 0.4) is 0 Å². The predicted octanol–water partition coefficient (Wildman–Crippen LogP) is 14.6. The van der Waals surface area contributed by atoms with E-state index in [1.807, 2.05) is 0 Å². The smallest absolute Gasteiger partial charge is 0.0701 e. The fraction of sp³-hybridized carbons (Fsp3) is 0.0175. The Morgan fingerprint density at radius 3 is 1.63 bits per heavy atom. The number of allylic oxidation sites excluding steroid dienone is 2. The van der Waals surface area contributed by atoms with Crippen LogP contribution in [0.25, 0.3) is 93.7 Å². The molecule has 11 aromatic rings. The molecule has 0 saturated heterocycles. The van der Waals surface area contributed by atoms with Gasteiger partial charge in [0.1, 0.15) is 0 Å². The molecule has 0 aliphatic carbocycles. The van der Waals surface area contributed by atoms with E-state index in [9.17, 15) is 0 Å². The number of dihydropyridines is 1. The lowest BCUT2D eigenvalue weighted by Crippen LogP contribution is -2.20. The third kappa shape index (κ3) is 5.66. The van der Waals surface area contributed by atoms with E-state index < -0.39 is 0 Å². The lowest BCUT2D eigenvalue weighted by atomic mass is 10.0. The average molecular weight is 766 g/mol. The maximum atomic E-state index is 3.77. The van der Waals surface area contributed by atoms with Crippen LogP contribution in [-0.4, -0.2) is 9.13 Å². The lowest BCUT2D eigenvalue weighted by Gasteiger charge is -2.23. The summed E-state index contributed by atoms with van der Waals surface area (Å²) in [4.78, 5) is 0. The van der Waals surface area contributed by atoms with Crippen molar-refractivity contribution in [3.63, 3.8) is 0 Å². The van der Waals surface area contributed by atoms with Gasteiger partial charge in [-0.05, 0) is 117 Å². The summed E-state index contributed by atoms with van der Waals surface area (Å²) in [5.74, 6) is 0. The second-order valence-corrected chi connectivity index (χ2v) is 15.8. The van der Waals surface area contributed by atoms with Gasteiger partial charge in [-0.1, -0.05) is 152 Å². The van der Waals surface area contributed by atoms with E-state index in [2.05, 4.69) is 239 Å². The standard InChI is InChI=1S/C57H39N3/c1-2-13-40(14-3-1)52-20-11-21-53(58-52)45-16-10-17-47(35-45)60-55-23-9-7-19-49(55)51-37-44(29-33-57(51)60)43-28-32-56-50(36-43)48-18-6-8-22-54(48)59(56)46-30-26-39(27-31-46)42-25-24-38-12-4-5-15-41(38)34-42/h1-37,52,58H. The van der Waals surface area contributed by atoms with Gasteiger partial charge in [-0.25, -0.2) is 0 Å². The number of aromatic nitrogens is 2. The Bertz CT molecular complexity index is 3510. The third-order valence-corrected chi connectivity index (χ3v) is 12.3. The topological polar surface area (TPSA) is 21.9 Å². The average Bonchev–Trinajstić information content (AvgIpc) is 3.84. The Morgan fingerprint density at radius 1 is 0.350 bits per heavy atom. The predicted molar refractivity (Wildman–Crippen MR) is 253 cm³/mol. The van der Waals surface area contributed by atoms with E-state index >= 15 is 0 Å². The molecule has 12 rings (SSSR count). The molecule has 0 fully saturated rings. The summed E-state index contributed by atoms with van der Waals surface area (Å²) < 4.78 is 4.81. The number of para-hydroxylation sites is 2. The molecule has 1 aliphatic rings. The highest BCUT2D eigenvalue weighted by molar-refractivity contribution is 6.12. The molecule has 2 aromatic heterocycles. The van der Waals surface area contributed by atoms with Crippen LogP contribution in [0.4, 0.5) is 0 Å². The second kappa shape index (κ2) is 13.9. The minimum absolute atomic E-state index is 0.130. The molecule has 1 atom stereocenters. The summed E-state index contributed by atoms with van der Waals surface area (Å²) in [5.41, 5.74) is 15.4. The number of hydrogen-bond donors (Lipinski definition) is 1. The second-order valence-electron chi connectivity index (χ2n) is 15.8. The number of fused-ring (bicyclic) bond motifs is 7. The van der Waals surface area contributed by atoms with Crippen LogP contribution in [0.2, 0.25) is 0 Å². The van der Waals surface area contributed by atoms with Crippen molar-refractivity contribution in [2.45, 2.75) is 6.04 Å². The van der Waals surface area contributed by atoms with E-state index in [0.29, 0.717) is 0 Å². The first-order valence-electron chi connectivity index (χ1n) is 20.7. The van der Waals surface area contributed by atoms with Gasteiger partial charge < -0.3 is 14.5 Å². The van der Waals surface area contributed by atoms with Gasteiger partial charge in [0.05, 0.1) is 28.1 Å². The van der Waals surface area contributed by atoms with Crippen molar-refractivity contribution in [1.82, 2.24) is 14.5 Å². The van der Waals surface area contributed by atoms with Gasteiger partial charge in [-0.3, -0.25) is 0 Å². The number of hydrogen-bond acceptors (Lipinski definition) is 1. The summed E-state index contributed by atoms with van der Waals surface area (Å²) in [5, 5.41) is 11.3. The van der Waals surface area contributed by atoms with Crippen molar-refractivity contribution < 1.29 is 0 Å². The normalized spacial score (nSPS) is 14.0. The van der Waals surface area contributed by atoms with Gasteiger partial charge in [0, 0.05) is 38.6 Å². The minimum atomic E-state index is 0.130. The molecule has 3 heteroatoms. The maximum absolute atomic E-state index is 3.77. The Balaban J connectivity index is 0.918. The summed E-state index contributed by atoms with van der Waals surface area (Å²) in [6, 6.07) is 75.4. The Kier molecular flexibility index (Phi) is 7.92. The number of benzene rings is 9. The lowest BCUT2D eigenvalue weighted by molar-refractivity contribution is 0.764. The van der Waals surface area contributed by atoms with Crippen molar-refractivity contribution >= 4 is 60.1 Å². The van der Waals surface area contributed by atoms with Crippen molar-refractivity contribution in [2.24, 2.45) is 0 Å². The fourth-order valence-electron chi connectivity index (χ4n) is 9.41. The summed E-state index contributed by atoms with van der Waals surface area (Å²) in [7, 11) is 0. The Morgan fingerprint density at radius 2 is 0.917 bits per heavy atom. The largest absolute Gasteiger partial charge is 0.374 e. The molecule has 0 saturated carbocycles. The SMILES string of the molecule is C1=CC(c2ccccc2)NC(c2cccc(-n3c4ccccc4c4cc(-c5ccc6c(c5)c5ccccc5n6-c5ccc(-c6ccc7ccccc7c6)cc5)ccc43)c2)=C1. The molecule has 0 radical (unpaired) electrons. The first kappa shape index (κ1) is 34.2. The van der Waals surface area contributed by atoms with Crippen LogP contribution in [0.5, 0.6) is 0 Å². The van der Waals surface area contributed by atoms with E-state index in [4.69, 9.17) is 0 Å². The molecule has 3 heterocycles. The number of nitrogens with one attached hydrogen (secondary N) is 1. The van der Waals surface area contributed by atoms with Gasteiger partial charge >= 0.3 is 0 Å². The Hall–Kier alpha value is -7.88. The monoisotopic (exact) mass is 765 g/mol. The first-order valence-corrected chi connectivity index (χ1v) is 20.7. The fourth-order valence-corrected chi connectivity index (χ4v) is 9.41. The zero-order valence-electron chi connectivity index (χ0n) is 32.8. The molecule has 0 amide bonds. The molecular weight excluding hydrogens is 727 g/mol. The van der Waals surface area contributed by atoms with Crippen molar-refractivity contribution in [3.8, 4) is 33.6 Å². The minimum Gasteiger partial charge on any atom is -0.374 e. The summed E-state index contributed by atoms with van der Waals surface area (Å²) in [6.07, 6.45) is 6.56. The zero-order valence-corrected chi connectivity index (χ0v) is 32.8. The van der Waals surface area contributed by atoms with Crippen LogP contribution in [0, 0.1) is 0 Å². The molecule has 1 unspecified atom stereocenters. The van der Waals surface area contributed by atoms with E-state index in [1.165, 1.54) is 82.2 Å². The quantitative estimate of drug-likeness (QED) is 0.179. The van der Waals surface area contributed by atoms with Crippen LogP contribution in [0.15, 0.2) is 224 Å². The number of nitrogens with zero attached hydrogens (tertiary/aromatic N) is 2. The van der Waals surface area contributed by atoms with Gasteiger partial charge in [0.25, 0.3) is 0 Å². The summed E-state index contributed by atoms with van der Waals surface area (Å²) >= 11 is 0. The molecule has 60 heavy (non-hydrogen) atoms. The van der Waals surface area contributed by atoms with Crippen LogP contribution in [0.1, 0.15) is 17.2 Å². The van der Waals surface area contributed by atoms with Crippen molar-refractivity contribution in [1.29, 1.82) is 0 Å². The van der Waals surface area contributed by atoms with E-state index in [0.717, 1.165) is 22.6 Å². The highest BCUT2D eigenvalue weighted by Crippen LogP contribution is 2.39.